The van der Waals surface area contributed by atoms with Gasteiger partial charge in [-0.1, -0.05) is 23.7 Å². The second-order valence-corrected chi connectivity index (χ2v) is 5.92. The molecule has 0 aromatic heterocycles. The van der Waals surface area contributed by atoms with Crippen LogP contribution in [-0.4, -0.2) is 24.9 Å². The summed E-state index contributed by atoms with van der Waals surface area (Å²) in [6.07, 6.45) is 0. The molecule has 2 N–H and O–H groups in total. The second-order valence-electron chi connectivity index (χ2n) is 5.48. The second kappa shape index (κ2) is 9.08. The molecule has 0 aliphatic heterocycles. The first-order chi connectivity index (χ1) is 12.0. The van der Waals surface area contributed by atoms with Crippen LogP contribution in [0.4, 0.5) is 11.4 Å². The van der Waals surface area contributed by atoms with Crippen LogP contribution in [0.2, 0.25) is 5.02 Å². The van der Waals surface area contributed by atoms with Crippen molar-refractivity contribution in [3.8, 4) is 0 Å². The van der Waals surface area contributed by atoms with Gasteiger partial charge in [-0.25, -0.2) is 0 Å². The van der Waals surface area contributed by atoms with E-state index in [1.807, 2.05) is 24.3 Å². The van der Waals surface area contributed by atoms with E-state index in [-0.39, 0.29) is 0 Å². The summed E-state index contributed by atoms with van der Waals surface area (Å²) in [7, 11) is 0. The molecule has 0 fully saturated rings. The van der Waals surface area contributed by atoms with Crippen LogP contribution in [0.25, 0.3) is 0 Å². The monoisotopic (exact) mass is 359 g/mol. The lowest BCUT2D eigenvalue weighted by Crippen LogP contribution is -2.34. The lowest BCUT2D eigenvalue weighted by atomic mass is 10.2. The highest BCUT2D eigenvalue weighted by atomic mass is 35.5. The number of carbonyl (C=O) groups is 2. The minimum absolute atomic E-state index is 0.297. The van der Waals surface area contributed by atoms with Gasteiger partial charge in [-0.05, 0) is 55.8 Å². The van der Waals surface area contributed by atoms with Crippen LogP contribution in [0, 0.1) is 0 Å². The molecular formula is C19H22ClN3O2. The Balaban J connectivity index is 1.86. The van der Waals surface area contributed by atoms with Gasteiger partial charge in [0.15, 0.2) is 0 Å². The molecule has 0 spiro atoms. The lowest BCUT2D eigenvalue weighted by molar-refractivity contribution is -0.136. The largest absolute Gasteiger partial charge is 0.372 e. The Hall–Kier alpha value is -2.53. The summed E-state index contributed by atoms with van der Waals surface area (Å²) in [5.41, 5.74) is 2.59. The predicted octanol–water partition coefficient (Wildman–Crippen LogP) is 3.44. The third-order valence-corrected chi connectivity index (χ3v) is 4.08. The Morgan fingerprint density at radius 2 is 1.52 bits per heavy atom. The fourth-order valence-electron chi connectivity index (χ4n) is 2.40. The average molecular weight is 360 g/mol. The van der Waals surface area contributed by atoms with E-state index in [1.165, 1.54) is 0 Å². The van der Waals surface area contributed by atoms with Crippen molar-refractivity contribution in [3.63, 3.8) is 0 Å². The van der Waals surface area contributed by atoms with E-state index in [1.54, 1.807) is 24.3 Å². The van der Waals surface area contributed by atoms with Crippen LogP contribution < -0.4 is 15.5 Å². The molecule has 0 atom stereocenters. The maximum absolute atomic E-state index is 11.9. The van der Waals surface area contributed by atoms with Gasteiger partial charge in [-0.15, -0.1) is 0 Å². The van der Waals surface area contributed by atoms with E-state index >= 15 is 0 Å². The number of carbonyl (C=O) groups excluding carboxylic acids is 2. The van der Waals surface area contributed by atoms with Gasteiger partial charge in [-0.3, -0.25) is 9.59 Å². The molecule has 0 saturated carbocycles. The Kier molecular flexibility index (Phi) is 6.83. The zero-order chi connectivity index (χ0) is 18.2. The zero-order valence-electron chi connectivity index (χ0n) is 14.4. The van der Waals surface area contributed by atoms with Crippen molar-refractivity contribution in [2.24, 2.45) is 0 Å². The highest BCUT2D eigenvalue weighted by Crippen LogP contribution is 2.15. The molecular weight excluding hydrogens is 338 g/mol. The molecule has 2 aromatic carbocycles. The number of nitrogens with one attached hydrogen (secondary N) is 2. The highest BCUT2D eigenvalue weighted by molar-refractivity contribution is 6.39. The molecule has 0 aliphatic carbocycles. The maximum Gasteiger partial charge on any atom is 0.313 e. The fourth-order valence-corrected chi connectivity index (χ4v) is 2.52. The van der Waals surface area contributed by atoms with Crippen LogP contribution in [0.15, 0.2) is 48.5 Å². The normalized spacial score (nSPS) is 10.2. The number of anilines is 2. The summed E-state index contributed by atoms with van der Waals surface area (Å²) in [6.45, 7) is 6.40. The first-order valence-electron chi connectivity index (χ1n) is 8.22. The molecule has 25 heavy (non-hydrogen) atoms. The molecule has 0 heterocycles. The summed E-state index contributed by atoms with van der Waals surface area (Å²) >= 11 is 5.78. The van der Waals surface area contributed by atoms with E-state index in [9.17, 15) is 9.59 Å². The zero-order valence-corrected chi connectivity index (χ0v) is 15.1. The van der Waals surface area contributed by atoms with Gasteiger partial charge in [0.1, 0.15) is 0 Å². The molecule has 132 valence electrons. The lowest BCUT2D eigenvalue weighted by Gasteiger charge is -2.21. The van der Waals surface area contributed by atoms with E-state index in [0.29, 0.717) is 17.3 Å². The number of amides is 2. The van der Waals surface area contributed by atoms with E-state index < -0.39 is 11.8 Å². The summed E-state index contributed by atoms with van der Waals surface area (Å²) < 4.78 is 0. The summed E-state index contributed by atoms with van der Waals surface area (Å²) in [5.74, 6) is -1.38. The van der Waals surface area contributed by atoms with Crippen LogP contribution in [0.5, 0.6) is 0 Å². The van der Waals surface area contributed by atoms with Crippen LogP contribution in [0.1, 0.15) is 19.4 Å². The van der Waals surface area contributed by atoms with Gasteiger partial charge in [0.05, 0.1) is 0 Å². The number of hydrogen-bond donors (Lipinski definition) is 2. The van der Waals surface area contributed by atoms with Crippen molar-refractivity contribution in [2.45, 2.75) is 20.4 Å². The molecule has 2 rings (SSSR count). The van der Waals surface area contributed by atoms with Gasteiger partial charge >= 0.3 is 11.8 Å². The minimum atomic E-state index is -0.706. The molecule has 2 aromatic rings. The Morgan fingerprint density at radius 1 is 0.920 bits per heavy atom. The van der Waals surface area contributed by atoms with Gasteiger partial charge < -0.3 is 15.5 Å². The van der Waals surface area contributed by atoms with E-state index in [4.69, 9.17) is 11.6 Å². The fraction of sp³-hybridized carbons (Fsp3) is 0.263. The van der Waals surface area contributed by atoms with Crippen molar-refractivity contribution in [1.29, 1.82) is 0 Å². The predicted molar refractivity (Wildman–Crippen MR) is 102 cm³/mol. The van der Waals surface area contributed by atoms with E-state index in [0.717, 1.165) is 24.3 Å². The number of nitrogens with zero attached hydrogens (tertiary/aromatic N) is 1. The van der Waals surface area contributed by atoms with Gasteiger partial charge in [-0.2, -0.15) is 0 Å². The molecule has 6 heteroatoms. The summed E-state index contributed by atoms with van der Waals surface area (Å²) in [6, 6.07) is 14.5. The quantitative estimate of drug-likeness (QED) is 0.777. The number of benzene rings is 2. The molecule has 0 aliphatic rings. The molecule has 0 radical (unpaired) electrons. The summed E-state index contributed by atoms with van der Waals surface area (Å²) in [4.78, 5) is 26.0. The molecule has 2 amide bonds. The first-order valence-corrected chi connectivity index (χ1v) is 8.60. The third kappa shape index (κ3) is 5.50. The highest BCUT2D eigenvalue weighted by Gasteiger charge is 2.13. The van der Waals surface area contributed by atoms with Gasteiger partial charge in [0.2, 0.25) is 0 Å². The molecule has 0 saturated heterocycles. The van der Waals surface area contributed by atoms with Gasteiger partial charge in [0.25, 0.3) is 0 Å². The maximum atomic E-state index is 11.9. The van der Waals surface area contributed by atoms with Crippen molar-refractivity contribution in [2.75, 3.05) is 23.3 Å². The summed E-state index contributed by atoms with van der Waals surface area (Å²) in [5, 5.41) is 5.71. The number of hydrogen-bond acceptors (Lipinski definition) is 3. The average Bonchev–Trinajstić information content (AvgIpc) is 2.63. The van der Waals surface area contributed by atoms with Crippen molar-refractivity contribution >= 4 is 34.8 Å². The van der Waals surface area contributed by atoms with E-state index in [2.05, 4.69) is 29.4 Å². The van der Waals surface area contributed by atoms with Crippen LogP contribution in [-0.2, 0) is 16.1 Å². The molecule has 0 unspecified atom stereocenters. The Morgan fingerprint density at radius 3 is 2.08 bits per heavy atom. The minimum Gasteiger partial charge on any atom is -0.372 e. The number of halogens is 1. The van der Waals surface area contributed by atoms with Crippen molar-refractivity contribution in [3.05, 3.63) is 59.1 Å². The van der Waals surface area contributed by atoms with Gasteiger partial charge in [0, 0.05) is 36.0 Å². The Labute approximate surface area is 153 Å². The Bertz CT molecular complexity index is 710. The SMILES string of the molecule is CCN(CC)c1ccc(CNC(=O)C(=O)Nc2ccc(Cl)cc2)cc1. The molecule has 0 bridgehead atoms. The topological polar surface area (TPSA) is 61.4 Å². The van der Waals surface area contributed by atoms with Crippen molar-refractivity contribution in [1.82, 2.24) is 5.32 Å². The smallest absolute Gasteiger partial charge is 0.313 e. The first kappa shape index (κ1) is 18.8. The van der Waals surface area contributed by atoms with Crippen LogP contribution >= 0.6 is 11.6 Å². The van der Waals surface area contributed by atoms with Crippen molar-refractivity contribution < 1.29 is 9.59 Å². The molecule has 5 nitrogen and oxygen atoms in total. The standard InChI is InChI=1S/C19H22ClN3O2/c1-3-23(4-2)17-11-5-14(6-12-17)13-21-18(24)19(25)22-16-9-7-15(20)8-10-16/h5-12H,3-4,13H2,1-2H3,(H,21,24)(H,22,25). The van der Waals surface area contributed by atoms with Crippen LogP contribution in [0.3, 0.4) is 0 Å². The number of rotatable bonds is 6. The third-order valence-electron chi connectivity index (χ3n) is 3.83.